The van der Waals surface area contributed by atoms with Crippen LogP contribution in [0, 0.1) is 0 Å². The Balaban J connectivity index is 2.91. The van der Waals surface area contributed by atoms with Gasteiger partial charge in [0, 0.05) is 11.1 Å². The molecule has 0 amide bonds. The van der Waals surface area contributed by atoms with Gasteiger partial charge >= 0.3 is 0 Å². The zero-order valence-corrected chi connectivity index (χ0v) is 8.14. The van der Waals surface area contributed by atoms with E-state index in [0.717, 1.165) is 0 Å². The first-order valence-corrected chi connectivity index (χ1v) is 4.47. The molecule has 0 aliphatic rings. The van der Waals surface area contributed by atoms with Crippen LogP contribution in [0.3, 0.4) is 0 Å². The predicted octanol–water partition coefficient (Wildman–Crippen LogP) is 3.78. The minimum absolute atomic E-state index is 0.269. The molecule has 0 aliphatic heterocycles. The number of azide groups is 1. The van der Waals surface area contributed by atoms with E-state index in [2.05, 4.69) is 15.0 Å². The topological polar surface area (TPSA) is 61.7 Å². The van der Waals surface area contributed by atoms with Crippen LogP contribution in [0.2, 0.25) is 0 Å². The van der Waals surface area contributed by atoms with Crippen LogP contribution in [-0.2, 0) is 0 Å². The van der Waals surface area contributed by atoms with E-state index in [0.29, 0.717) is 12.0 Å². The van der Waals surface area contributed by atoms with Crippen molar-refractivity contribution in [3.05, 3.63) is 40.0 Å². The Morgan fingerprint density at radius 1 is 1.53 bits per heavy atom. The molecule has 0 aliphatic carbocycles. The van der Waals surface area contributed by atoms with E-state index in [1.807, 2.05) is 6.92 Å². The van der Waals surface area contributed by atoms with Gasteiger partial charge in [0.15, 0.2) is 0 Å². The molecule has 0 N–H and O–H groups in total. The molecule has 0 bridgehead atoms. The zero-order valence-electron chi connectivity index (χ0n) is 8.14. The minimum atomic E-state index is -2.57. The van der Waals surface area contributed by atoms with Crippen molar-refractivity contribution in [2.45, 2.75) is 25.8 Å². The van der Waals surface area contributed by atoms with Crippen LogP contribution in [-0.4, -0.2) is 4.98 Å². The van der Waals surface area contributed by atoms with Gasteiger partial charge < -0.3 is 0 Å². The Morgan fingerprint density at radius 2 is 2.27 bits per heavy atom. The molecule has 0 spiro atoms. The molecule has 1 aromatic heterocycles. The Kier molecular flexibility index (Phi) is 4.00. The zero-order chi connectivity index (χ0) is 11.3. The summed E-state index contributed by atoms with van der Waals surface area (Å²) < 4.78 is 24.4. The van der Waals surface area contributed by atoms with Gasteiger partial charge in [0.25, 0.3) is 6.43 Å². The van der Waals surface area contributed by atoms with Crippen LogP contribution >= 0.6 is 0 Å². The SMILES string of the molecule is CC[C@@H](N=[N+]=[N-])c1ccc(C(F)F)nc1. The fraction of sp³-hybridized carbons (Fsp3) is 0.444. The van der Waals surface area contributed by atoms with Crippen molar-refractivity contribution >= 4 is 0 Å². The summed E-state index contributed by atoms with van der Waals surface area (Å²) in [5.74, 6) is 0. The molecule has 0 unspecified atom stereocenters. The maximum absolute atomic E-state index is 12.2. The molecule has 1 atom stereocenters. The van der Waals surface area contributed by atoms with E-state index in [1.54, 1.807) is 0 Å². The molecule has 1 rings (SSSR count). The molecule has 6 heteroatoms. The first-order valence-electron chi connectivity index (χ1n) is 4.47. The molecule has 1 aromatic rings. The lowest BCUT2D eigenvalue weighted by atomic mass is 10.1. The molecule has 0 saturated carbocycles. The lowest BCUT2D eigenvalue weighted by Gasteiger charge is -2.08. The molecule has 0 fully saturated rings. The van der Waals surface area contributed by atoms with Gasteiger partial charge in [-0.05, 0) is 23.6 Å². The summed E-state index contributed by atoms with van der Waals surface area (Å²) in [6.07, 6.45) is -0.636. The smallest absolute Gasteiger partial charge is 0.255 e. The van der Waals surface area contributed by atoms with E-state index in [1.165, 1.54) is 18.3 Å². The number of aromatic nitrogens is 1. The van der Waals surface area contributed by atoms with Crippen molar-refractivity contribution in [1.29, 1.82) is 0 Å². The number of hydrogen-bond acceptors (Lipinski definition) is 2. The average Bonchev–Trinajstić information content (AvgIpc) is 2.26. The quantitative estimate of drug-likeness (QED) is 0.425. The second-order valence-electron chi connectivity index (χ2n) is 2.95. The Hall–Kier alpha value is -1.68. The van der Waals surface area contributed by atoms with Gasteiger partial charge in [0.05, 0.1) is 6.04 Å². The maximum Gasteiger partial charge on any atom is 0.280 e. The van der Waals surface area contributed by atoms with E-state index < -0.39 is 6.43 Å². The summed E-state index contributed by atoms with van der Waals surface area (Å²) in [6.45, 7) is 1.85. The first kappa shape index (κ1) is 11.4. The minimum Gasteiger partial charge on any atom is -0.255 e. The lowest BCUT2D eigenvalue weighted by Crippen LogP contribution is -1.96. The van der Waals surface area contributed by atoms with E-state index in [9.17, 15) is 8.78 Å². The Bertz CT molecular complexity index is 357. The number of halogens is 2. The van der Waals surface area contributed by atoms with Gasteiger partial charge in [-0.3, -0.25) is 4.98 Å². The fourth-order valence-electron chi connectivity index (χ4n) is 1.19. The third-order valence-electron chi connectivity index (χ3n) is 2.00. The van der Waals surface area contributed by atoms with E-state index in [4.69, 9.17) is 5.53 Å². The summed E-state index contributed by atoms with van der Waals surface area (Å²) in [7, 11) is 0. The molecule has 0 saturated heterocycles. The highest BCUT2D eigenvalue weighted by Gasteiger charge is 2.11. The summed E-state index contributed by atoms with van der Waals surface area (Å²) in [5, 5.41) is 3.54. The Morgan fingerprint density at radius 3 is 2.67 bits per heavy atom. The number of hydrogen-bond donors (Lipinski definition) is 0. The molecule has 80 valence electrons. The van der Waals surface area contributed by atoms with Crippen molar-refractivity contribution in [1.82, 2.24) is 4.98 Å². The first-order chi connectivity index (χ1) is 7.19. The summed E-state index contributed by atoms with van der Waals surface area (Å²) in [4.78, 5) is 6.29. The number of rotatable bonds is 4. The van der Waals surface area contributed by atoms with Crippen LogP contribution in [0.25, 0.3) is 10.4 Å². The monoisotopic (exact) mass is 212 g/mol. The van der Waals surface area contributed by atoms with Crippen molar-refractivity contribution in [2.24, 2.45) is 5.11 Å². The highest BCUT2D eigenvalue weighted by atomic mass is 19.3. The summed E-state index contributed by atoms with van der Waals surface area (Å²) in [5.41, 5.74) is 8.67. The predicted molar refractivity (Wildman–Crippen MR) is 51.4 cm³/mol. The fourth-order valence-corrected chi connectivity index (χ4v) is 1.19. The van der Waals surface area contributed by atoms with Crippen LogP contribution in [0.15, 0.2) is 23.4 Å². The maximum atomic E-state index is 12.2. The molecule has 0 aromatic carbocycles. The standard InChI is InChI=1S/C9H10F2N4/c1-2-7(14-15-12)6-3-4-8(9(10)11)13-5-6/h3-5,7,9H,2H2,1H3/t7-/m1/s1. The number of pyridine rings is 1. The van der Waals surface area contributed by atoms with Gasteiger partial charge in [0.1, 0.15) is 5.69 Å². The van der Waals surface area contributed by atoms with Gasteiger partial charge in [-0.15, -0.1) is 0 Å². The van der Waals surface area contributed by atoms with Crippen molar-refractivity contribution < 1.29 is 8.78 Å². The highest BCUT2D eigenvalue weighted by molar-refractivity contribution is 5.18. The summed E-state index contributed by atoms with van der Waals surface area (Å²) >= 11 is 0. The van der Waals surface area contributed by atoms with Crippen molar-refractivity contribution in [2.75, 3.05) is 0 Å². The largest absolute Gasteiger partial charge is 0.280 e. The normalized spacial score (nSPS) is 12.3. The average molecular weight is 212 g/mol. The second kappa shape index (κ2) is 5.26. The number of alkyl halides is 2. The van der Waals surface area contributed by atoms with Gasteiger partial charge in [0.2, 0.25) is 0 Å². The molecule has 15 heavy (non-hydrogen) atoms. The Labute approximate surface area is 85.6 Å². The van der Waals surface area contributed by atoms with Crippen LogP contribution in [0.4, 0.5) is 8.78 Å². The molecule has 1 heterocycles. The summed E-state index contributed by atoms with van der Waals surface area (Å²) in [6, 6.07) is 2.42. The molecule has 0 radical (unpaired) electrons. The van der Waals surface area contributed by atoms with Crippen molar-refractivity contribution in [3.8, 4) is 0 Å². The third kappa shape index (κ3) is 2.89. The van der Waals surface area contributed by atoms with Gasteiger partial charge in [-0.2, -0.15) is 0 Å². The molecule has 4 nitrogen and oxygen atoms in total. The van der Waals surface area contributed by atoms with Crippen LogP contribution in [0.1, 0.15) is 37.1 Å². The van der Waals surface area contributed by atoms with Crippen molar-refractivity contribution in [3.63, 3.8) is 0 Å². The van der Waals surface area contributed by atoms with Gasteiger partial charge in [-0.1, -0.05) is 18.1 Å². The van der Waals surface area contributed by atoms with Gasteiger partial charge in [-0.25, -0.2) is 8.78 Å². The second-order valence-corrected chi connectivity index (χ2v) is 2.95. The van der Waals surface area contributed by atoms with Crippen LogP contribution in [0.5, 0.6) is 0 Å². The third-order valence-corrected chi connectivity index (χ3v) is 2.00. The van der Waals surface area contributed by atoms with E-state index >= 15 is 0 Å². The highest BCUT2D eigenvalue weighted by Crippen LogP contribution is 2.22. The lowest BCUT2D eigenvalue weighted by molar-refractivity contribution is 0.146. The molecular formula is C9H10F2N4. The number of nitrogens with zero attached hydrogens (tertiary/aromatic N) is 4. The van der Waals surface area contributed by atoms with E-state index in [-0.39, 0.29) is 11.7 Å². The molecular weight excluding hydrogens is 202 g/mol. The van der Waals surface area contributed by atoms with Crippen LogP contribution < -0.4 is 0 Å².